The Morgan fingerprint density at radius 3 is 2.22 bits per heavy atom. The monoisotopic (exact) mass is 444 g/mol. The molecule has 1 aromatic rings. The van der Waals surface area contributed by atoms with E-state index >= 15 is 0 Å². The van der Waals surface area contributed by atoms with Crippen LogP contribution in [-0.4, -0.2) is 71.9 Å². The van der Waals surface area contributed by atoms with Crippen LogP contribution in [0, 0.1) is 0 Å². The summed E-state index contributed by atoms with van der Waals surface area (Å²) in [5.41, 5.74) is 0.581. The molecular formula is C24H37BN2O5. The van der Waals surface area contributed by atoms with Gasteiger partial charge in [0.25, 0.3) is 0 Å². The number of carbonyl (C=O) groups excluding carboxylic acids is 2. The average molecular weight is 444 g/mol. The second kappa shape index (κ2) is 8.71. The molecule has 176 valence electrons. The third-order valence-corrected chi connectivity index (χ3v) is 6.62. The fraction of sp³-hybridized carbons (Fsp3) is 0.667. The van der Waals surface area contributed by atoms with Crippen molar-refractivity contribution < 1.29 is 23.6 Å². The Morgan fingerprint density at radius 1 is 1.12 bits per heavy atom. The molecule has 2 amide bonds. The lowest BCUT2D eigenvalue weighted by atomic mass is 9.79. The van der Waals surface area contributed by atoms with Crippen LogP contribution in [0.5, 0.6) is 0 Å². The second-order valence-corrected chi connectivity index (χ2v) is 10.9. The number of amides is 2. The molecular weight excluding hydrogens is 407 g/mol. The Labute approximate surface area is 192 Å². The Kier molecular flexibility index (Phi) is 6.69. The van der Waals surface area contributed by atoms with Crippen LogP contribution in [0.3, 0.4) is 0 Å². The summed E-state index contributed by atoms with van der Waals surface area (Å²) < 4.78 is 17.6. The van der Waals surface area contributed by atoms with E-state index in [0.717, 1.165) is 17.4 Å². The Hall–Kier alpha value is -2.06. The number of carbonyl (C=O) groups is 2. The van der Waals surface area contributed by atoms with Crippen molar-refractivity contribution in [2.24, 2.45) is 0 Å². The number of hydrogen-bond acceptors (Lipinski definition) is 5. The third kappa shape index (κ3) is 5.46. The van der Waals surface area contributed by atoms with Crippen LogP contribution in [-0.2, 0) is 25.3 Å². The van der Waals surface area contributed by atoms with Gasteiger partial charge in [0.1, 0.15) is 5.60 Å². The largest absolute Gasteiger partial charge is 0.494 e. The van der Waals surface area contributed by atoms with E-state index in [-0.39, 0.29) is 29.2 Å². The van der Waals surface area contributed by atoms with Gasteiger partial charge in [-0.25, -0.2) is 4.79 Å². The highest BCUT2D eigenvalue weighted by Crippen LogP contribution is 2.36. The van der Waals surface area contributed by atoms with E-state index in [9.17, 15) is 9.59 Å². The number of benzene rings is 1. The van der Waals surface area contributed by atoms with Crippen molar-refractivity contribution in [2.75, 3.05) is 20.1 Å². The van der Waals surface area contributed by atoms with E-state index in [1.54, 1.807) is 9.80 Å². The first-order chi connectivity index (χ1) is 14.7. The van der Waals surface area contributed by atoms with Gasteiger partial charge in [-0.3, -0.25) is 4.79 Å². The van der Waals surface area contributed by atoms with Gasteiger partial charge in [0, 0.05) is 20.1 Å². The molecule has 2 aliphatic rings. The lowest BCUT2D eigenvalue weighted by Crippen LogP contribution is -2.41. The molecule has 0 N–H and O–H groups in total. The van der Waals surface area contributed by atoms with E-state index < -0.39 is 12.7 Å². The fourth-order valence-electron chi connectivity index (χ4n) is 3.82. The maximum Gasteiger partial charge on any atom is 0.494 e. The number of hydrogen-bond donors (Lipinski definition) is 0. The molecule has 0 saturated carbocycles. The molecule has 8 heteroatoms. The minimum absolute atomic E-state index is 0.000886. The number of likely N-dealkylation sites (N-methyl/N-ethyl adjacent to an activating group) is 1. The summed E-state index contributed by atoms with van der Waals surface area (Å²) in [6.45, 7) is 14.8. The van der Waals surface area contributed by atoms with Crippen molar-refractivity contribution in [1.29, 1.82) is 0 Å². The van der Waals surface area contributed by atoms with Crippen LogP contribution >= 0.6 is 0 Å². The maximum absolute atomic E-state index is 12.9. The summed E-state index contributed by atoms with van der Waals surface area (Å²) in [6.07, 6.45) is 0.741. The van der Waals surface area contributed by atoms with Crippen LogP contribution in [0.1, 0.15) is 60.5 Å². The summed E-state index contributed by atoms with van der Waals surface area (Å²) >= 11 is 0. The zero-order valence-electron chi connectivity index (χ0n) is 20.7. The first kappa shape index (κ1) is 24.6. The van der Waals surface area contributed by atoms with Crippen molar-refractivity contribution in [3.63, 3.8) is 0 Å². The topological polar surface area (TPSA) is 68.3 Å². The molecule has 3 rings (SSSR count). The van der Waals surface area contributed by atoms with Gasteiger partial charge < -0.3 is 23.8 Å². The SMILES string of the molecule is CN(C(=O)Cc1ccc(B2OC(C)(C)C(C)(C)O2)cc1)[C@@H]1CCN(C(=O)OC(C)(C)C)C1. The first-order valence-electron chi connectivity index (χ1n) is 11.4. The van der Waals surface area contributed by atoms with Gasteiger partial charge in [-0.05, 0) is 65.9 Å². The molecule has 0 spiro atoms. The van der Waals surface area contributed by atoms with E-state index in [4.69, 9.17) is 14.0 Å². The van der Waals surface area contributed by atoms with Gasteiger partial charge in [0.05, 0.1) is 23.7 Å². The van der Waals surface area contributed by atoms with Gasteiger partial charge in [-0.2, -0.15) is 0 Å². The molecule has 32 heavy (non-hydrogen) atoms. The zero-order chi connectivity index (χ0) is 23.9. The molecule has 1 atom stereocenters. The smallest absolute Gasteiger partial charge is 0.444 e. The molecule has 0 aromatic heterocycles. The standard InChI is InChI=1S/C24H37BN2O5/c1-22(2,3)30-21(29)27-14-13-19(16-27)26(8)20(28)15-17-9-11-18(12-10-17)25-31-23(4,5)24(6,7)32-25/h9-12,19H,13-16H2,1-8H3/t19-/m1/s1. The van der Waals surface area contributed by atoms with Crippen LogP contribution in [0.2, 0.25) is 0 Å². The lowest BCUT2D eigenvalue weighted by Gasteiger charge is -2.32. The van der Waals surface area contributed by atoms with Gasteiger partial charge in [0.15, 0.2) is 0 Å². The van der Waals surface area contributed by atoms with Crippen LogP contribution < -0.4 is 5.46 Å². The van der Waals surface area contributed by atoms with Crippen molar-refractivity contribution in [2.45, 2.75) is 84.2 Å². The highest BCUT2D eigenvalue weighted by Gasteiger charge is 2.51. The molecule has 7 nitrogen and oxygen atoms in total. The Balaban J connectivity index is 1.54. The van der Waals surface area contributed by atoms with E-state index in [1.807, 2.05) is 79.8 Å². The summed E-state index contributed by atoms with van der Waals surface area (Å²) in [5, 5.41) is 0. The minimum Gasteiger partial charge on any atom is -0.444 e. The third-order valence-electron chi connectivity index (χ3n) is 6.62. The molecule has 2 saturated heterocycles. The molecule has 2 heterocycles. The summed E-state index contributed by atoms with van der Waals surface area (Å²) in [5.74, 6) is 0.0319. The molecule has 0 radical (unpaired) electrons. The van der Waals surface area contributed by atoms with Crippen LogP contribution in [0.15, 0.2) is 24.3 Å². The number of nitrogens with zero attached hydrogens (tertiary/aromatic N) is 2. The van der Waals surface area contributed by atoms with Gasteiger partial charge >= 0.3 is 13.2 Å². The highest BCUT2D eigenvalue weighted by molar-refractivity contribution is 6.62. The maximum atomic E-state index is 12.9. The normalized spacial score (nSPS) is 22.2. The number of likely N-dealkylation sites (tertiary alicyclic amines) is 1. The van der Waals surface area contributed by atoms with Crippen LogP contribution in [0.4, 0.5) is 4.79 Å². The Bertz CT molecular complexity index is 831. The molecule has 0 aliphatic carbocycles. The highest BCUT2D eigenvalue weighted by atomic mass is 16.7. The van der Waals surface area contributed by atoms with E-state index in [0.29, 0.717) is 19.5 Å². The number of ether oxygens (including phenoxy) is 1. The Morgan fingerprint density at radius 2 is 1.69 bits per heavy atom. The van der Waals surface area contributed by atoms with Crippen molar-refractivity contribution in [3.05, 3.63) is 29.8 Å². The average Bonchev–Trinajstić information content (AvgIpc) is 3.23. The summed E-state index contributed by atoms with van der Waals surface area (Å²) in [7, 11) is 1.40. The van der Waals surface area contributed by atoms with Gasteiger partial charge in [-0.1, -0.05) is 24.3 Å². The molecule has 1 aromatic carbocycles. The van der Waals surface area contributed by atoms with Crippen molar-refractivity contribution in [1.82, 2.24) is 9.80 Å². The molecule has 0 bridgehead atoms. The van der Waals surface area contributed by atoms with Crippen molar-refractivity contribution in [3.8, 4) is 0 Å². The van der Waals surface area contributed by atoms with Gasteiger partial charge in [0.2, 0.25) is 5.91 Å². The quantitative estimate of drug-likeness (QED) is 0.668. The predicted octanol–water partition coefficient (Wildman–Crippen LogP) is 3.00. The number of rotatable bonds is 4. The fourth-order valence-corrected chi connectivity index (χ4v) is 3.82. The van der Waals surface area contributed by atoms with Crippen molar-refractivity contribution >= 4 is 24.6 Å². The van der Waals surface area contributed by atoms with E-state index in [2.05, 4.69) is 0 Å². The summed E-state index contributed by atoms with van der Waals surface area (Å²) in [6, 6.07) is 7.83. The molecule has 2 aliphatic heterocycles. The second-order valence-electron chi connectivity index (χ2n) is 10.9. The summed E-state index contributed by atoms with van der Waals surface area (Å²) in [4.78, 5) is 28.6. The minimum atomic E-state index is -0.525. The van der Waals surface area contributed by atoms with Crippen LogP contribution in [0.25, 0.3) is 0 Å². The first-order valence-corrected chi connectivity index (χ1v) is 11.4. The zero-order valence-corrected chi connectivity index (χ0v) is 20.7. The van der Waals surface area contributed by atoms with E-state index in [1.165, 1.54) is 0 Å². The molecule has 0 unspecified atom stereocenters. The predicted molar refractivity (Wildman–Crippen MR) is 125 cm³/mol. The van der Waals surface area contributed by atoms with Gasteiger partial charge in [-0.15, -0.1) is 0 Å². The lowest BCUT2D eigenvalue weighted by molar-refractivity contribution is -0.131. The molecule has 2 fully saturated rings.